The number of furan rings is 1. The van der Waals surface area contributed by atoms with E-state index >= 15 is 0 Å². The number of amides is 2. The van der Waals surface area contributed by atoms with Gasteiger partial charge in [0.05, 0.1) is 35.5 Å². The largest absolute Gasteiger partial charge is 0.493 e. The minimum absolute atomic E-state index is 0.148. The lowest BCUT2D eigenvalue weighted by atomic mass is 10.2. The molecule has 0 fully saturated rings. The molecular weight excluding hydrogens is 414 g/mol. The van der Waals surface area contributed by atoms with E-state index in [2.05, 4.69) is 15.6 Å². The van der Waals surface area contributed by atoms with E-state index in [-0.39, 0.29) is 24.9 Å². The van der Waals surface area contributed by atoms with Crippen molar-refractivity contribution in [1.29, 1.82) is 0 Å². The molecule has 2 aromatic heterocycles. The summed E-state index contributed by atoms with van der Waals surface area (Å²) in [6.07, 6.45) is 0. The minimum Gasteiger partial charge on any atom is -0.493 e. The molecule has 4 rings (SSSR count). The molecule has 7 nitrogen and oxygen atoms in total. The fourth-order valence-corrected chi connectivity index (χ4v) is 3.93. The van der Waals surface area contributed by atoms with Crippen LogP contribution in [0.2, 0.25) is 0 Å². The third-order valence-electron chi connectivity index (χ3n) is 4.47. The number of fused-ring (bicyclic) bond motifs is 1. The van der Waals surface area contributed by atoms with Gasteiger partial charge in [0.25, 0.3) is 5.91 Å². The third kappa shape index (κ3) is 4.92. The first-order chi connectivity index (χ1) is 15.1. The number of thiazole rings is 1. The van der Waals surface area contributed by atoms with E-state index in [0.717, 1.165) is 15.2 Å². The Balaban J connectivity index is 1.30. The van der Waals surface area contributed by atoms with Crippen LogP contribution in [0.1, 0.15) is 23.0 Å². The number of nitrogens with one attached hydrogen (secondary N) is 2. The molecule has 0 unspecified atom stereocenters. The number of carbonyl (C=O) groups is 2. The molecule has 0 radical (unpaired) electrons. The predicted molar refractivity (Wildman–Crippen MR) is 119 cm³/mol. The van der Waals surface area contributed by atoms with Gasteiger partial charge in [-0.2, -0.15) is 0 Å². The monoisotopic (exact) mass is 435 g/mol. The van der Waals surface area contributed by atoms with Crippen molar-refractivity contribution in [1.82, 2.24) is 15.6 Å². The smallest absolute Gasteiger partial charge is 0.255 e. The van der Waals surface area contributed by atoms with Crippen LogP contribution in [-0.2, 0) is 11.3 Å². The number of nitrogens with zero attached hydrogens (tertiary/aromatic N) is 1. The maximum atomic E-state index is 12.4. The first-order valence-corrected chi connectivity index (χ1v) is 10.7. The maximum Gasteiger partial charge on any atom is 0.255 e. The van der Waals surface area contributed by atoms with Gasteiger partial charge >= 0.3 is 0 Å². The average molecular weight is 436 g/mol. The molecule has 0 atom stereocenters. The zero-order chi connectivity index (χ0) is 21.6. The number of ether oxygens (including phenoxy) is 1. The Hall–Kier alpha value is -3.65. The van der Waals surface area contributed by atoms with E-state index in [1.54, 1.807) is 41.7 Å². The number of para-hydroxylation sites is 2. The number of aromatic nitrogens is 1. The summed E-state index contributed by atoms with van der Waals surface area (Å²) in [7, 11) is 0. The van der Waals surface area contributed by atoms with Crippen LogP contribution < -0.4 is 15.4 Å². The zero-order valence-electron chi connectivity index (χ0n) is 16.9. The molecule has 0 aliphatic heterocycles. The van der Waals surface area contributed by atoms with Crippen molar-refractivity contribution in [3.8, 4) is 16.5 Å². The lowest BCUT2D eigenvalue weighted by Gasteiger charge is -2.10. The molecule has 0 spiro atoms. The van der Waals surface area contributed by atoms with Crippen LogP contribution in [0.25, 0.3) is 21.0 Å². The van der Waals surface area contributed by atoms with Gasteiger partial charge in [-0.1, -0.05) is 24.3 Å². The van der Waals surface area contributed by atoms with Gasteiger partial charge in [-0.15, -0.1) is 11.3 Å². The van der Waals surface area contributed by atoms with Gasteiger partial charge in [0.15, 0.2) is 10.8 Å². The molecule has 0 saturated carbocycles. The SMILES string of the molecule is CCOc1ccccc1C(=O)NCC(=O)NCc1ccc(-c2nc3ccccc3s2)o1. The molecule has 8 heteroatoms. The second-order valence-corrected chi connectivity index (χ2v) is 7.67. The first-order valence-electron chi connectivity index (χ1n) is 9.85. The Morgan fingerprint density at radius 1 is 1.03 bits per heavy atom. The lowest BCUT2D eigenvalue weighted by Crippen LogP contribution is -2.36. The van der Waals surface area contributed by atoms with Gasteiger partial charge in [-0.3, -0.25) is 9.59 Å². The number of benzene rings is 2. The molecule has 2 heterocycles. The molecule has 0 aliphatic rings. The summed E-state index contributed by atoms with van der Waals surface area (Å²) in [5.74, 6) is 1.07. The fourth-order valence-electron chi connectivity index (χ4n) is 3.01. The van der Waals surface area contributed by atoms with Gasteiger partial charge in [-0.05, 0) is 43.3 Å². The van der Waals surface area contributed by atoms with E-state index in [9.17, 15) is 9.59 Å². The Kier molecular flexibility index (Phi) is 6.28. The van der Waals surface area contributed by atoms with Crippen LogP contribution in [0.3, 0.4) is 0 Å². The number of carbonyl (C=O) groups excluding carboxylic acids is 2. The fraction of sp³-hybridized carbons (Fsp3) is 0.174. The van der Waals surface area contributed by atoms with E-state index in [0.29, 0.717) is 29.4 Å². The highest BCUT2D eigenvalue weighted by Gasteiger charge is 2.14. The molecule has 2 N–H and O–H groups in total. The van der Waals surface area contributed by atoms with Crippen molar-refractivity contribution >= 4 is 33.4 Å². The minimum atomic E-state index is -0.365. The van der Waals surface area contributed by atoms with Crippen molar-refractivity contribution in [3.63, 3.8) is 0 Å². The Labute approximate surface area is 183 Å². The van der Waals surface area contributed by atoms with E-state index < -0.39 is 0 Å². The maximum absolute atomic E-state index is 12.4. The van der Waals surface area contributed by atoms with Crippen molar-refractivity contribution < 1.29 is 18.7 Å². The topological polar surface area (TPSA) is 93.5 Å². The molecular formula is C23H21N3O4S. The summed E-state index contributed by atoms with van der Waals surface area (Å²) in [5.41, 5.74) is 1.32. The number of hydrogen-bond donors (Lipinski definition) is 2. The second kappa shape index (κ2) is 9.44. The van der Waals surface area contributed by atoms with Crippen LogP contribution >= 0.6 is 11.3 Å². The summed E-state index contributed by atoms with van der Waals surface area (Å²) in [6, 6.07) is 18.5. The molecule has 0 aliphatic carbocycles. The predicted octanol–water partition coefficient (Wildman–Crippen LogP) is 4.00. The molecule has 0 bridgehead atoms. The Bertz CT molecular complexity index is 1180. The zero-order valence-corrected chi connectivity index (χ0v) is 17.7. The standard InChI is InChI=1S/C23H21N3O4S/c1-2-29-18-9-5-3-7-16(18)22(28)25-14-21(27)24-13-15-11-12-19(30-15)23-26-17-8-4-6-10-20(17)31-23/h3-12H,2,13-14H2,1H3,(H,24,27)(H,25,28). The summed E-state index contributed by atoms with van der Waals surface area (Å²) < 4.78 is 12.4. The second-order valence-electron chi connectivity index (χ2n) is 6.64. The van der Waals surface area contributed by atoms with Crippen LogP contribution in [-0.4, -0.2) is 29.9 Å². The third-order valence-corrected chi connectivity index (χ3v) is 5.52. The van der Waals surface area contributed by atoms with Crippen LogP contribution in [0.15, 0.2) is 65.1 Å². The summed E-state index contributed by atoms with van der Waals surface area (Å²) in [6.45, 7) is 2.37. The van der Waals surface area contributed by atoms with Gasteiger partial charge < -0.3 is 19.8 Å². The van der Waals surface area contributed by atoms with E-state index in [1.807, 2.05) is 37.3 Å². The highest BCUT2D eigenvalue weighted by atomic mass is 32.1. The molecule has 2 amide bonds. The Morgan fingerprint density at radius 2 is 1.84 bits per heavy atom. The average Bonchev–Trinajstić information content (AvgIpc) is 3.43. The normalized spacial score (nSPS) is 10.7. The number of rotatable bonds is 8. The van der Waals surface area contributed by atoms with Crippen molar-refractivity contribution in [2.45, 2.75) is 13.5 Å². The molecule has 31 heavy (non-hydrogen) atoms. The first kappa shape index (κ1) is 20.6. The highest BCUT2D eigenvalue weighted by molar-refractivity contribution is 7.21. The summed E-state index contributed by atoms with van der Waals surface area (Å²) >= 11 is 1.55. The molecule has 0 saturated heterocycles. The van der Waals surface area contributed by atoms with Crippen molar-refractivity contribution in [2.24, 2.45) is 0 Å². The van der Waals surface area contributed by atoms with Gasteiger partial charge in [0.2, 0.25) is 5.91 Å². The summed E-state index contributed by atoms with van der Waals surface area (Å²) in [5, 5.41) is 6.14. The summed E-state index contributed by atoms with van der Waals surface area (Å²) in [4.78, 5) is 29.1. The van der Waals surface area contributed by atoms with Crippen LogP contribution in [0.5, 0.6) is 5.75 Å². The highest BCUT2D eigenvalue weighted by Crippen LogP contribution is 2.31. The number of hydrogen-bond acceptors (Lipinski definition) is 6. The van der Waals surface area contributed by atoms with Gasteiger partial charge in [0.1, 0.15) is 11.5 Å². The lowest BCUT2D eigenvalue weighted by molar-refractivity contribution is -0.120. The van der Waals surface area contributed by atoms with Crippen molar-refractivity contribution in [3.05, 3.63) is 72.0 Å². The van der Waals surface area contributed by atoms with Crippen molar-refractivity contribution in [2.75, 3.05) is 13.2 Å². The van der Waals surface area contributed by atoms with Crippen LogP contribution in [0.4, 0.5) is 0 Å². The molecule has 158 valence electrons. The van der Waals surface area contributed by atoms with Gasteiger partial charge in [0, 0.05) is 0 Å². The Morgan fingerprint density at radius 3 is 2.68 bits per heavy atom. The van der Waals surface area contributed by atoms with E-state index in [1.165, 1.54) is 0 Å². The van der Waals surface area contributed by atoms with Gasteiger partial charge in [-0.25, -0.2) is 4.98 Å². The van der Waals surface area contributed by atoms with E-state index in [4.69, 9.17) is 9.15 Å². The van der Waals surface area contributed by atoms with Crippen LogP contribution in [0, 0.1) is 0 Å². The molecule has 2 aromatic carbocycles. The quantitative estimate of drug-likeness (QED) is 0.436. The molecule has 4 aromatic rings.